The van der Waals surface area contributed by atoms with E-state index in [0.717, 1.165) is 6.42 Å². The van der Waals surface area contributed by atoms with Crippen molar-refractivity contribution in [1.82, 2.24) is 0 Å². The normalized spacial score (nSPS) is 11.2. The van der Waals surface area contributed by atoms with Crippen molar-refractivity contribution < 1.29 is 19.4 Å². The number of benzene rings is 1. The Labute approximate surface area is 169 Å². The Bertz CT molecular complexity index is 616. The largest absolute Gasteiger partial charge is 0.477 e. The molecule has 0 radical (unpaired) electrons. The minimum atomic E-state index is -1.23. The first kappa shape index (κ1) is 23.7. The molecule has 1 rings (SSSR count). The third-order valence-electron chi connectivity index (χ3n) is 4.49. The Kier molecular flexibility index (Phi) is 13.3. The predicted molar refractivity (Wildman–Crippen MR) is 111 cm³/mol. The fourth-order valence-corrected chi connectivity index (χ4v) is 2.83. The summed E-state index contributed by atoms with van der Waals surface area (Å²) in [6.45, 7) is 3.14. The standard InChI is InChI=1S/C23H33NO4/c1-2-3-4-5-6-7-8-9-10-11-16-27-19-28-22-14-12-20(13-15-22)17-21(18-24)23(25)26/h12-15,17H,2-11,16,19H2,1H3,(H,25,26). The highest BCUT2D eigenvalue weighted by Gasteiger charge is 2.05. The van der Waals surface area contributed by atoms with Crippen LogP contribution in [0.15, 0.2) is 29.8 Å². The third kappa shape index (κ3) is 11.4. The van der Waals surface area contributed by atoms with Gasteiger partial charge in [-0.1, -0.05) is 76.8 Å². The first-order valence-electron chi connectivity index (χ1n) is 10.3. The monoisotopic (exact) mass is 387 g/mol. The highest BCUT2D eigenvalue weighted by atomic mass is 16.7. The molecule has 0 aliphatic carbocycles. The average Bonchev–Trinajstić information content (AvgIpc) is 2.70. The SMILES string of the molecule is CCCCCCCCCCCCOCOc1ccc(C=C(C#N)C(=O)O)cc1. The average molecular weight is 388 g/mol. The molecule has 0 aliphatic rings. The highest BCUT2D eigenvalue weighted by Crippen LogP contribution is 2.15. The van der Waals surface area contributed by atoms with Crippen molar-refractivity contribution in [3.05, 3.63) is 35.4 Å². The number of ether oxygens (including phenoxy) is 2. The van der Waals surface area contributed by atoms with E-state index in [0.29, 0.717) is 17.9 Å². The van der Waals surface area contributed by atoms with Crippen LogP contribution < -0.4 is 4.74 Å². The molecular formula is C23H33NO4. The summed E-state index contributed by atoms with van der Waals surface area (Å²) in [5.41, 5.74) is 0.339. The predicted octanol–water partition coefficient (Wildman–Crippen LogP) is 5.95. The molecule has 1 aromatic rings. The van der Waals surface area contributed by atoms with Crippen LogP contribution >= 0.6 is 0 Å². The van der Waals surface area contributed by atoms with E-state index in [-0.39, 0.29) is 12.4 Å². The Hall–Kier alpha value is -2.32. The number of carboxylic acids is 1. The van der Waals surface area contributed by atoms with Crippen LogP contribution in [0.4, 0.5) is 0 Å². The molecule has 1 aromatic carbocycles. The molecular weight excluding hydrogens is 354 g/mol. The van der Waals surface area contributed by atoms with E-state index in [4.69, 9.17) is 19.8 Å². The molecule has 0 saturated heterocycles. The lowest BCUT2D eigenvalue weighted by atomic mass is 10.1. The van der Waals surface area contributed by atoms with Crippen molar-refractivity contribution in [3.8, 4) is 11.8 Å². The third-order valence-corrected chi connectivity index (χ3v) is 4.49. The molecule has 28 heavy (non-hydrogen) atoms. The molecule has 0 aliphatic heterocycles. The van der Waals surface area contributed by atoms with E-state index < -0.39 is 5.97 Å². The number of hydrogen-bond acceptors (Lipinski definition) is 4. The quantitative estimate of drug-likeness (QED) is 0.164. The van der Waals surface area contributed by atoms with Crippen molar-refractivity contribution in [2.45, 2.75) is 71.1 Å². The molecule has 0 bridgehead atoms. The Morgan fingerprint density at radius 1 is 1.00 bits per heavy atom. The van der Waals surface area contributed by atoms with E-state index >= 15 is 0 Å². The maximum atomic E-state index is 10.8. The molecule has 154 valence electrons. The lowest BCUT2D eigenvalue weighted by molar-refractivity contribution is -0.132. The minimum absolute atomic E-state index is 0.200. The zero-order valence-corrected chi connectivity index (χ0v) is 17.0. The van der Waals surface area contributed by atoms with Gasteiger partial charge in [-0.3, -0.25) is 0 Å². The number of carboxylic acid groups (broad SMARTS) is 1. The topological polar surface area (TPSA) is 79.5 Å². The van der Waals surface area contributed by atoms with Gasteiger partial charge in [-0.15, -0.1) is 0 Å². The van der Waals surface area contributed by atoms with Gasteiger partial charge in [-0.25, -0.2) is 4.79 Å². The van der Waals surface area contributed by atoms with Gasteiger partial charge in [0.05, 0.1) is 6.61 Å². The van der Waals surface area contributed by atoms with E-state index in [1.54, 1.807) is 30.3 Å². The van der Waals surface area contributed by atoms with Crippen molar-refractivity contribution in [3.63, 3.8) is 0 Å². The fraction of sp³-hybridized carbons (Fsp3) is 0.565. The van der Waals surface area contributed by atoms with Crippen LogP contribution in [0.3, 0.4) is 0 Å². The van der Waals surface area contributed by atoms with Gasteiger partial charge in [0.1, 0.15) is 17.4 Å². The minimum Gasteiger partial charge on any atom is -0.477 e. The summed E-state index contributed by atoms with van der Waals surface area (Å²) in [4.78, 5) is 10.8. The second kappa shape index (κ2) is 15.7. The summed E-state index contributed by atoms with van der Waals surface area (Å²) in [7, 11) is 0. The number of nitrogens with zero attached hydrogens (tertiary/aromatic N) is 1. The molecule has 0 heterocycles. The lowest BCUT2D eigenvalue weighted by Gasteiger charge is -2.07. The van der Waals surface area contributed by atoms with Crippen LogP contribution in [-0.2, 0) is 9.53 Å². The molecule has 0 fully saturated rings. The van der Waals surface area contributed by atoms with E-state index in [9.17, 15) is 4.79 Å². The van der Waals surface area contributed by atoms with Gasteiger partial charge in [-0.05, 0) is 30.2 Å². The molecule has 0 spiro atoms. The van der Waals surface area contributed by atoms with Gasteiger partial charge in [-0.2, -0.15) is 5.26 Å². The smallest absolute Gasteiger partial charge is 0.346 e. The molecule has 0 unspecified atom stereocenters. The number of rotatable bonds is 16. The summed E-state index contributed by atoms with van der Waals surface area (Å²) < 4.78 is 11.0. The summed E-state index contributed by atoms with van der Waals surface area (Å²) in [6.07, 6.45) is 14.3. The van der Waals surface area contributed by atoms with Crippen LogP contribution in [0.5, 0.6) is 5.75 Å². The second-order valence-corrected chi connectivity index (χ2v) is 6.90. The van der Waals surface area contributed by atoms with E-state index in [2.05, 4.69) is 6.92 Å². The zero-order chi connectivity index (χ0) is 20.5. The van der Waals surface area contributed by atoms with Gasteiger partial charge in [0.25, 0.3) is 0 Å². The van der Waals surface area contributed by atoms with Gasteiger partial charge in [0.15, 0.2) is 6.79 Å². The molecule has 0 aromatic heterocycles. The number of unbranched alkanes of at least 4 members (excludes halogenated alkanes) is 9. The molecule has 0 amide bonds. The van der Waals surface area contributed by atoms with Crippen LogP contribution in [0.25, 0.3) is 6.08 Å². The van der Waals surface area contributed by atoms with Gasteiger partial charge < -0.3 is 14.6 Å². The summed E-state index contributed by atoms with van der Waals surface area (Å²) in [5, 5.41) is 17.6. The summed E-state index contributed by atoms with van der Waals surface area (Å²) in [5.74, 6) is -0.586. The first-order chi connectivity index (χ1) is 13.7. The van der Waals surface area contributed by atoms with Crippen molar-refractivity contribution in [1.29, 1.82) is 5.26 Å². The van der Waals surface area contributed by atoms with Crippen molar-refractivity contribution in [2.75, 3.05) is 13.4 Å². The number of carbonyl (C=O) groups is 1. The Morgan fingerprint density at radius 3 is 2.11 bits per heavy atom. The summed E-state index contributed by atoms with van der Waals surface area (Å²) in [6, 6.07) is 8.52. The zero-order valence-electron chi connectivity index (χ0n) is 17.0. The Balaban J connectivity index is 2.05. The maximum Gasteiger partial charge on any atom is 0.346 e. The molecule has 5 nitrogen and oxygen atoms in total. The van der Waals surface area contributed by atoms with Crippen LogP contribution in [0, 0.1) is 11.3 Å². The first-order valence-corrected chi connectivity index (χ1v) is 10.3. The van der Waals surface area contributed by atoms with E-state index in [1.165, 1.54) is 63.9 Å². The van der Waals surface area contributed by atoms with E-state index in [1.807, 2.05) is 0 Å². The molecule has 0 saturated carbocycles. The molecule has 5 heteroatoms. The highest BCUT2D eigenvalue weighted by molar-refractivity contribution is 5.96. The van der Waals surface area contributed by atoms with Crippen LogP contribution in [0.1, 0.15) is 76.7 Å². The number of hydrogen-bond donors (Lipinski definition) is 1. The molecule has 0 atom stereocenters. The Morgan fingerprint density at radius 2 is 1.57 bits per heavy atom. The fourth-order valence-electron chi connectivity index (χ4n) is 2.83. The number of aliphatic carboxylic acids is 1. The number of nitriles is 1. The molecule has 1 N–H and O–H groups in total. The van der Waals surface area contributed by atoms with Crippen molar-refractivity contribution >= 4 is 12.0 Å². The van der Waals surface area contributed by atoms with Crippen molar-refractivity contribution in [2.24, 2.45) is 0 Å². The van der Waals surface area contributed by atoms with Gasteiger partial charge >= 0.3 is 5.97 Å². The lowest BCUT2D eigenvalue weighted by Crippen LogP contribution is -2.04. The van der Waals surface area contributed by atoms with Gasteiger partial charge in [0, 0.05) is 0 Å². The van der Waals surface area contributed by atoms with Crippen LogP contribution in [0.2, 0.25) is 0 Å². The second-order valence-electron chi connectivity index (χ2n) is 6.90. The van der Waals surface area contributed by atoms with Gasteiger partial charge in [0.2, 0.25) is 0 Å². The van der Waals surface area contributed by atoms with Crippen LogP contribution in [-0.4, -0.2) is 24.5 Å². The summed E-state index contributed by atoms with van der Waals surface area (Å²) >= 11 is 0. The maximum absolute atomic E-state index is 10.8.